The van der Waals surface area contributed by atoms with Crippen LogP contribution in [0, 0.1) is 11.6 Å². The van der Waals surface area contributed by atoms with E-state index in [0.717, 1.165) is 48.6 Å². The van der Waals surface area contributed by atoms with Crippen LogP contribution in [0.4, 0.5) is 14.5 Å². The summed E-state index contributed by atoms with van der Waals surface area (Å²) in [5, 5.41) is 3.79. The molecule has 2 atom stereocenters. The molecule has 0 radical (unpaired) electrons. The van der Waals surface area contributed by atoms with Gasteiger partial charge < -0.3 is 10.2 Å². The Morgan fingerprint density at radius 1 is 1.22 bits per heavy atom. The fourth-order valence-corrected chi connectivity index (χ4v) is 4.70. The van der Waals surface area contributed by atoms with Gasteiger partial charge in [0.2, 0.25) is 0 Å². The number of nitrogens with one attached hydrogen (secondary N) is 2. The largest absolute Gasteiger partial charge is 0.327 e. The zero-order chi connectivity index (χ0) is 18.8. The molecular weight excluding hydrogens is 368 g/mol. The third-order valence-electron chi connectivity index (χ3n) is 4.89. The number of carbonyl (C=O) groups is 1. The van der Waals surface area contributed by atoms with Crippen LogP contribution in [0.15, 0.2) is 42.5 Å². The lowest BCUT2D eigenvalue weighted by Crippen LogP contribution is -3.14. The Kier molecular flexibility index (Phi) is 5.13. The van der Waals surface area contributed by atoms with Gasteiger partial charge >= 0.3 is 0 Å². The van der Waals surface area contributed by atoms with Crippen molar-refractivity contribution in [2.45, 2.75) is 18.8 Å². The Bertz CT molecular complexity index is 942. The summed E-state index contributed by atoms with van der Waals surface area (Å²) < 4.78 is 27.5. The maximum Gasteiger partial charge on any atom is 0.279 e. The van der Waals surface area contributed by atoms with E-state index in [1.54, 1.807) is 11.3 Å². The molecule has 4 nitrogen and oxygen atoms in total. The van der Waals surface area contributed by atoms with E-state index in [9.17, 15) is 13.6 Å². The van der Waals surface area contributed by atoms with Gasteiger partial charge in [0.15, 0.2) is 18.2 Å². The minimum Gasteiger partial charge on any atom is -0.327 e. The number of rotatable bonds is 4. The van der Waals surface area contributed by atoms with Gasteiger partial charge in [-0.15, -0.1) is 11.3 Å². The normalized spacial score (nSPS) is 19.9. The number of para-hydroxylation sites is 1. The van der Waals surface area contributed by atoms with Gasteiger partial charge in [-0.1, -0.05) is 12.1 Å². The Morgan fingerprint density at radius 2 is 2.07 bits per heavy atom. The molecule has 1 aliphatic heterocycles. The second-order valence-corrected chi connectivity index (χ2v) is 7.98. The molecule has 1 aliphatic rings. The fraction of sp³-hybridized carbons (Fsp3) is 0.300. The number of fused-ring (bicyclic) bond motifs is 1. The monoisotopic (exact) mass is 388 g/mol. The summed E-state index contributed by atoms with van der Waals surface area (Å²) in [4.78, 5) is 18.2. The molecule has 3 aromatic rings. The Balaban J connectivity index is 1.39. The molecule has 1 saturated heterocycles. The van der Waals surface area contributed by atoms with Crippen molar-refractivity contribution in [2.75, 3.05) is 25.0 Å². The van der Waals surface area contributed by atoms with E-state index in [4.69, 9.17) is 4.98 Å². The number of hydrogen-bond donors (Lipinski definition) is 2. The van der Waals surface area contributed by atoms with Crippen LogP contribution in [-0.2, 0) is 4.79 Å². The van der Waals surface area contributed by atoms with Gasteiger partial charge in [-0.25, -0.2) is 13.8 Å². The third kappa shape index (κ3) is 4.14. The number of carbonyl (C=O) groups excluding carboxylic acids is 1. The molecule has 2 N–H and O–H groups in total. The van der Waals surface area contributed by atoms with E-state index in [-0.39, 0.29) is 11.6 Å². The van der Waals surface area contributed by atoms with Gasteiger partial charge in [0.1, 0.15) is 5.01 Å². The first-order valence-corrected chi connectivity index (χ1v) is 9.84. The van der Waals surface area contributed by atoms with E-state index in [0.29, 0.717) is 12.5 Å². The lowest BCUT2D eigenvalue weighted by Gasteiger charge is -2.28. The standard InChI is InChI=1S/C20H19F2N3OS/c21-15-8-7-14(10-16(15)22)23-19(26)12-25-9-3-4-13(11-25)20-24-17-5-1-2-6-18(17)27-20/h1-2,5-8,10,13H,3-4,9,11-12H2,(H,23,26)/p+1/t13-/m0/s1. The fourth-order valence-electron chi connectivity index (χ4n) is 3.59. The van der Waals surface area contributed by atoms with Gasteiger partial charge in [-0.05, 0) is 37.1 Å². The van der Waals surface area contributed by atoms with Gasteiger partial charge in [0.05, 0.1) is 29.2 Å². The molecule has 1 aromatic heterocycles. The van der Waals surface area contributed by atoms with Gasteiger partial charge in [0.25, 0.3) is 5.91 Å². The zero-order valence-corrected chi connectivity index (χ0v) is 15.5. The number of nitrogens with zero attached hydrogens (tertiary/aromatic N) is 1. The van der Waals surface area contributed by atoms with Crippen LogP contribution in [-0.4, -0.2) is 30.5 Å². The number of likely N-dealkylation sites (tertiary alicyclic amines) is 1. The Hall–Kier alpha value is -2.38. The number of thiazole rings is 1. The molecule has 0 aliphatic carbocycles. The van der Waals surface area contributed by atoms with E-state index >= 15 is 0 Å². The highest BCUT2D eigenvalue weighted by atomic mass is 32.1. The number of benzene rings is 2. The minimum atomic E-state index is -0.964. The first kappa shape index (κ1) is 18.0. The zero-order valence-electron chi connectivity index (χ0n) is 14.7. The van der Waals surface area contributed by atoms with E-state index in [1.165, 1.54) is 15.7 Å². The summed E-state index contributed by atoms with van der Waals surface area (Å²) in [7, 11) is 0. The summed E-state index contributed by atoms with van der Waals surface area (Å²) in [5.41, 5.74) is 1.30. The van der Waals surface area contributed by atoms with Crippen molar-refractivity contribution in [3.8, 4) is 0 Å². The highest BCUT2D eigenvalue weighted by Crippen LogP contribution is 2.30. The molecule has 0 spiro atoms. The van der Waals surface area contributed by atoms with Crippen LogP contribution in [0.2, 0.25) is 0 Å². The molecule has 2 aromatic carbocycles. The predicted molar refractivity (Wildman–Crippen MR) is 102 cm³/mol. The number of anilines is 1. The van der Waals surface area contributed by atoms with Crippen LogP contribution in [0.5, 0.6) is 0 Å². The Labute approximate surface area is 159 Å². The molecule has 7 heteroatoms. The van der Waals surface area contributed by atoms with Crippen LogP contribution in [0.1, 0.15) is 23.8 Å². The van der Waals surface area contributed by atoms with Crippen LogP contribution < -0.4 is 10.2 Å². The van der Waals surface area contributed by atoms with Gasteiger partial charge in [-0.3, -0.25) is 4.79 Å². The van der Waals surface area contributed by atoms with Crippen molar-refractivity contribution in [1.29, 1.82) is 0 Å². The summed E-state index contributed by atoms with van der Waals surface area (Å²) in [6, 6.07) is 11.5. The first-order chi connectivity index (χ1) is 13.1. The van der Waals surface area contributed by atoms with Gasteiger partial charge in [0, 0.05) is 11.8 Å². The van der Waals surface area contributed by atoms with E-state index in [2.05, 4.69) is 11.4 Å². The van der Waals surface area contributed by atoms with Gasteiger partial charge in [-0.2, -0.15) is 0 Å². The van der Waals surface area contributed by atoms with Crippen molar-refractivity contribution in [1.82, 2.24) is 4.98 Å². The van der Waals surface area contributed by atoms with E-state index in [1.807, 2.05) is 18.2 Å². The number of quaternary nitrogens is 1. The molecule has 27 heavy (non-hydrogen) atoms. The molecule has 4 rings (SSSR count). The Morgan fingerprint density at radius 3 is 2.89 bits per heavy atom. The minimum absolute atomic E-state index is 0.194. The predicted octanol–water partition coefficient (Wildman–Crippen LogP) is 2.98. The number of amides is 1. The quantitative estimate of drug-likeness (QED) is 0.722. The van der Waals surface area contributed by atoms with Crippen molar-refractivity contribution >= 4 is 33.1 Å². The van der Waals surface area contributed by atoms with Crippen LogP contribution >= 0.6 is 11.3 Å². The summed E-state index contributed by atoms with van der Waals surface area (Å²) in [6.07, 6.45) is 2.11. The maximum absolute atomic E-state index is 13.3. The molecule has 0 saturated carbocycles. The molecule has 1 unspecified atom stereocenters. The van der Waals surface area contributed by atoms with E-state index < -0.39 is 11.6 Å². The molecular formula is C20H20F2N3OS+. The molecule has 2 heterocycles. The number of halogens is 2. The summed E-state index contributed by atoms with van der Waals surface area (Å²) in [6.45, 7) is 2.08. The average molecular weight is 388 g/mol. The van der Waals surface area contributed by atoms with Crippen molar-refractivity contribution in [2.24, 2.45) is 0 Å². The van der Waals surface area contributed by atoms with Crippen molar-refractivity contribution < 1.29 is 18.5 Å². The number of hydrogen-bond acceptors (Lipinski definition) is 3. The molecule has 0 bridgehead atoms. The summed E-state index contributed by atoms with van der Waals surface area (Å²) in [5.74, 6) is -1.73. The molecule has 1 fully saturated rings. The van der Waals surface area contributed by atoms with Crippen LogP contribution in [0.3, 0.4) is 0 Å². The highest BCUT2D eigenvalue weighted by molar-refractivity contribution is 7.18. The molecule has 140 valence electrons. The maximum atomic E-state index is 13.3. The average Bonchev–Trinajstić information content (AvgIpc) is 3.09. The number of aromatic nitrogens is 1. The van der Waals surface area contributed by atoms with Crippen LogP contribution in [0.25, 0.3) is 10.2 Å². The number of piperidine rings is 1. The van der Waals surface area contributed by atoms with Crippen molar-refractivity contribution in [3.05, 3.63) is 59.1 Å². The smallest absolute Gasteiger partial charge is 0.279 e. The third-order valence-corrected chi connectivity index (χ3v) is 6.09. The lowest BCUT2D eigenvalue weighted by molar-refractivity contribution is -0.898. The second kappa shape index (κ2) is 7.70. The highest BCUT2D eigenvalue weighted by Gasteiger charge is 2.28. The molecule has 1 amide bonds. The lowest BCUT2D eigenvalue weighted by atomic mass is 9.99. The first-order valence-electron chi connectivity index (χ1n) is 9.02. The topological polar surface area (TPSA) is 46.4 Å². The summed E-state index contributed by atoms with van der Waals surface area (Å²) >= 11 is 1.73. The SMILES string of the molecule is O=C(C[NH+]1CCC[C@H](c2nc3ccccc3s2)C1)Nc1ccc(F)c(F)c1. The van der Waals surface area contributed by atoms with Crippen molar-refractivity contribution in [3.63, 3.8) is 0 Å². The second-order valence-electron chi connectivity index (χ2n) is 6.92.